The van der Waals surface area contributed by atoms with Gasteiger partial charge in [0.2, 0.25) is 0 Å². The molecule has 2 aromatic rings. The topological polar surface area (TPSA) is 66.4 Å². The van der Waals surface area contributed by atoms with Crippen molar-refractivity contribution in [3.05, 3.63) is 71.6 Å². The van der Waals surface area contributed by atoms with Gasteiger partial charge in [0.1, 0.15) is 5.82 Å². The van der Waals surface area contributed by atoms with E-state index in [-0.39, 0.29) is 0 Å². The lowest BCUT2D eigenvalue weighted by molar-refractivity contribution is -0.131. The van der Waals surface area contributed by atoms with E-state index < -0.39 is 17.7 Å². The van der Waals surface area contributed by atoms with Crippen LogP contribution in [-0.2, 0) is 4.79 Å². The second-order valence-corrected chi connectivity index (χ2v) is 4.26. The molecule has 2 aromatic carbocycles. The summed E-state index contributed by atoms with van der Waals surface area (Å²) in [4.78, 5) is 22.5. The number of aliphatic carboxylic acids is 1. The maximum Gasteiger partial charge on any atom is 0.328 e. The number of hydrogen-bond acceptors (Lipinski definition) is 2. The van der Waals surface area contributed by atoms with Crippen LogP contribution in [0.1, 0.15) is 15.9 Å². The van der Waals surface area contributed by atoms with Crippen molar-refractivity contribution in [3.63, 3.8) is 0 Å². The number of carbonyl (C=O) groups is 2. The number of benzene rings is 2. The summed E-state index contributed by atoms with van der Waals surface area (Å²) in [5.74, 6) is -1.90. The zero-order valence-electron chi connectivity index (χ0n) is 10.9. The van der Waals surface area contributed by atoms with Crippen molar-refractivity contribution in [1.29, 1.82) is 0 Å². The Balaban J connectivity index is 2.16. The van der Waals surface area contributed by atoms with Crippen molar-refractivity contribution in [2.75, 3.05) is 5.32 Å². The van der Waals surface area contributed by atoms with Gasteiger partial charge in [-0.05, 0) is 42.0 Å². The number of halogens is 1. The summed E-state index contributed by atoms with van der Waals surface area (Å²) >= 11 is 0. The first-order valence-corrected chi connectivity index (χ1v) is 6.12. The highest BCUT2D eigenvalue weighted by atomic mass is 19.1. The average Bonchev–Trinajstić information content (AvgIpc) is 2.45. The molecule has 0 radical (unpaired) electrons. The molecule has 0 saturated carbocycles. The van der Waals surface area contributed by atoms with Crippen LogP contribution in [0.2, 0.25) is 0 Å². The third-order valence-corrected chi connectivity index (χ3v) is 2.65. The molecule has 5 heteroatoms. The van der Waals surface area contributed by atoms with E-state index in [9.17, 15) is 14.0 Å². The molecule has 4 nitrogen and oxygen atoms in total. The van der Waals surface area contributed by atoms with E-state index in [4.69, 9.17) is 5.11 Å². The number of rotatable bonds is 4. The molecule has 0 aliphatic rings. The van der Waals surface area contributed by atoms with Gasteiger partial charge in [-0.15, -0.1) is 0 Å². The number of nitrogens with one attached hydrogen (secondary N) is 1. The third kappa shape index (κ3) is 4.28. The van der Waals surface area contributed by atoms with Crippen molar-refractivity contribution >= 4 is 23.6 Å². The minimum atomic E-state index is -1.07. The van der Waals surface area contributed by atoms with E-state index in [1.807, 2.05) is 0 Å². The van der Waals surface area contributed by atoms with Crippen LogP contribution in [-0.4, -0.2) is 17.0 Å². The molecule has 0 atom stereocenters. The average molecular weight is 285 g/mol. The highest BCUT2D eigenvalue weighted by Crippen LogP contribution is 2.13. The minimum Gasteiger partial charge on any atom is -0.478 e. The van der Waals surface area contributed by atoms with Crippen LogP contribution >= 0.6 is 0 Å². The van der Waals surface area contributed by atoms with Crippen LogP contribution in [0.25, 0.3) is 6.08 Å². The molecular weight excluding hydrogens is 273 g/mol. The standard InChI is InChI=1S/C16H12FNO3/c17-13-5-2-6-14(10-13)18-16(21)12-4-1-3-11(9-12)7-8-15(19)20/h1-10H,(H,18,21)(H,19,20). The Kier molecular flexibility index (Phi) is 4.46. The molecule has 21 heavy (non-hydrogen) atoms. The van der Waals surface area contributed by atoms with Crippen LogP contribution in [0, 0.1) is 5.82 Å². The van der Waals surface area contributed by atoms with Crippen molar-refractivity contribution in [3.8, 4) is 0 Å². The van der Waals surface area contributed by atoms with Gasteiger partial charge in [0.05, 0.1) is 0 Å². The predicted octanol–water partition coefficient (Wildman–Crippen LogP) is 3.18. The lowest BCUT2D eigenvalue weighted by Gasteiger charge is -2.06. The summed E-state index contributed by atoms with van der Waals surface area (Å²) in [5.41, 5.74) is 1.29. The molecule has 0 aliphatic heterocycles. The molecule has 2 rings (SSSR count). The summed E-state index contributed by atoms with van der Waals surface area (Å²) in [6.45, 7) is 0. The fourth-order valence-electron chi connectivity index (χ4n) is 1.72. The lowest BCUT2D eigenvalue weighted by atomic mass is 10.1. The van der Waals surface area contributed by atoms with Crippen LogP contribution < -0.4 is 5.32 Å². The Morgan fingerprint density at radius 3 is 2.57 bits per heavy atom. The normalized spacial score (nSPS) is 10.5. The molecule has 0 aliphatic carbocycles. The van der Waals surface area contributed by atoms with Crippen molar-refractivity contribution in [2.45, 2.75) is 0 Å². The maximum absolute atomic E-state index is 13.0. The monoisotopic (exact) mass is 285 g/mol. The quantitative estimate of drug-likeness (QED) is 0.848. The fraction of sp³-hybridized carbons (Fsp3) is 0. The van der Waals surface area contributed by atoms with Gasteiger partial charge in [-0.3, -0.25) is 4.79 Å². The van der Waals surface area contributed by atoms with E-state index in [1.165, 1.54) is 24.3 Å². The second kappa shape index (κ2) is 6.47. The first-order chi connectivity index (χ1) is 10.0. The number of hydrogen-bond donors (Lipinski definition) is 2. The molecule has 0 bridgehead atoms. The Morgan fingerprint density at radius 2 is 1.86 bits per heavy atom. The van der Waals surface area contributed by atoms with Gasteiger partial charge in [-0.25, -0.2) is 9.18 Å². The number of carbonyl (C=O) groups excluding carboxylic acids is 1. The number of anilines is 1. The summed E-state index contributed by atoms with van der Waals surface area (Å²) in [5, 5.41) is 11.1. The zero-order valence-corrected chi connectivity index (χ0v) is 10.9. The lowest BCUT2D eigenvalue weighted by Crippen LogP contribution is -2.12. The predicted molar refractivity (Wildman–Crippen MR) is 77.5 cm³/mol. The van der Waals surface area contributed by atoms with Gasteiger partial charge >= 0.3 is 5.97 Å². The molecule has 0 saturated heterocycles. The summed E-state index contributed by atoms with van der Waals surface area (Å²) in [6, 6.07) is 12.0. The largest absolute Gasteiger partial charge is 0.478 e. The molecular formula is C16H12FNO3. The van der Waals surface area contributed by atoms with Gasteiger partial charge < -0.3 is 10.4 Å². The van der Waals surface area contributed by atoms with E-state index in [0.29, 0.717) is 16.8 Å². The Bertz CT molecular complexity index is 710. The van der Waals surface area contributed by atoms with E-state index >= 15 is 0 Å². The smallest absolute Gasteiger partial charge is 0.328 e. The number of carboxylic acids is 1. The van der Waals surface area contributed by atoms with Gasteiger partial charge in [0.15, 0.2) is 0 Å². The first kappa shape index (κ1) is 14.5. The Morgan fingerprint density at radius 1 is 1.10 bits per heavy atom. The van der Waals surface area contributed by atoms with Gasteiger partial charge in [0, 0.05) is 17.3 Å². The third-order valence-electron chi connectivity index (χ3n) is 2.65. The highest BCUT2D eigenvalue weighted by molar-refractivity contribution is 6.04. The molecule has 106 valence electrons. The SMILES string of the molecule is O=C(O)C=Cc1cccc(C(=O)Nc2cccc(F)c2)c1. The van der Waals surface area contributed by atoms with Crippen molar-refractivity contribution in [2.24, 2.45) is 0 Å². The first-order valence-electron chi connectivity index (χ1n) is 6.12. The Hall–Kier alpha value is -2.95. The summed E-state index contributed by atoms with van der Waals surface area (Å²) < 4.78 is 13.0. The molecule has 2 N–H and O–H groups in total. The van der Waals surface area contributed by atoms with Crippen LogP contribution in [0.3, 0.4) is 0 Å². The highest BCUT2D eigenvalue weighted by Gasteiger charge is 2.06. The second-order valence-electron chi connectivity index (χ2n) is 4.26. The molecule has 0 spiro atoms. The summed E-state index contributed by atoms with van der Waals surface area (Å²) in [7, 11) is 0. The van der Waals surface area contributed by atoms with Gasteiger partial charge in [0.25, 0.3) is 5.91 Å². The van der Waals surface area contributed by atoms with E-state index in [1.54, 1.807) is 30.3 Å². The maximum atomic E-state index is 13.0. The molecule has 0 heterocycles. The van der Waals surface area contributed by atoms with Crippen LogP contribution in [0.4, 0.5) is 10.1 Å². The number of amides is 1. The van der Waals surface area contributed by atoms with Crippen molar-refractivity contribution < 1.29 is 19.1 Å². The van der Waals surface area contributed by atoms with Gasteiger partial charge in [-0.2, -0.15) is 0 Å². The van der Waals surface area contributed by atoms with Crippen LogP contribution in [0.15, 0.2) is 54.6 Å². The summed E-state index contributed by atoms with van der Waals surface area (Å²) in [6.07, 6.45) is 2.38. The van der Waals surface area contributed by atoms with Gasteiger partial charge in [-0.1, -0.05) is 18.2 Å². The fourth-order valence-corrected chi connectivity index (χ4v) is 1.72. The molecule has 1 amide bonds. The minimum absolute atomic E-state index is 0.353. The Labute approximate surface area is 120 Å². The molecule has 0 unspecified atom stereocenters. The molecule has 0 fully saturated rings. The van der Waals surface area contributed by atoms with Crippen molar-refractivity contribution in [1.82, 2.24) is 0 Å². The zero-order chi connectivity index (χ0) is 15.2. The number of carboxylic acid groups (broad SMARTS) is 1. The van der Waals surface area contributed by atoms with E-state index in [0.717, 1.165) is 6.08 Å². The van der Waals surface area contributed by atoms with Crippen LogP contribution in [0.5, 0.6) is 0 Å². The van der Waals surface area contributed by atoms with E-state index in [2.05, 4.69) is 5.32 Å². The molecule has 0 aromatic heterocycles.